The number of hydrogen-bond donors (Lipinski definition) is 2. The van der Waals surface area contributed by atoms with Crippen LogP contribution in [0.2, 0.25) is 0 Å². The van der Waals surface area contributed by atoms with Gasteiger partial charge in [-0.05, 0) is 46.7 Å². The summed E-state index contributed by atoms with van der Waals surface area (Å²) in [5.41, 5.74) is 14.1. The van der Waals surface area contributed by atoms with Crippen molar-refractivity contribution in [2.75, 3.05) is 0 Å². The number of ketones is 1. The number of aromatic amines is 1. The number of aromatic nitrogens is 1. The average Bonchev–Trinajstić information content (AvgIpc) is 3.29. The molecule has 0 saturated heterocycles. The number of benzene rings is 3. The molecule has 0 saturated carbocycles. The fourth-order valence-corrected chi connectivity index (χ4v) is 4.22. The molecule has 3 aromatic carbocycles. The van der Waals surface area contributed by atoms with Gasteiger partial charge in [0.05, 0.1) is 6.04 Å². The van der Waals surface area contributed by atoms with E-state index in [4.69, 9.17) is 5.73 Å². The highest BCUT2D eigenvalue weighted by atomic mass is 16.1. The van der Waals surface area contributed by atoms with Crippen molar-refractivity contribution in [1.29, 1.82) is 0 Å². The summed E-state index contributed by atoms with van der Waals surface area (Å²) in [7, 11) is 0. The Labute approximate surface area is 157 Å². The first-order chi connectivity index (χ1) is 13.2. The van der Waals surface area contributed by atoms with E-state index in [1.54, 1.807) is 0 Å². The molecule has 0 amide bonds. The maximum atomic E-state index is 13.2. The van der Waals surface area contributed by atoms with E-state index in [2.05, 4.69) is 35.3 Å². The number of carbonyl (C=O) groups excluding carboxylic acids is 1. The maximum Gasteiger partial charge on any atom is 0.180 e. The average molecular weight is 352 g/mol. The summed E-state index contributed by atoms with van der Waals surface area (Å²) >= 11 is 0. The minimum absolute atomic E-state index is 0.0185. The molecule has 0 aliphatic heterocycles. The van der Waals surface area contributed by atoms with Gasteiger partial charge >= 0.3 is 0 Å². The van der Waals surface area contributed by atoms with Crippen LogP contribution in [-0.2, 0) is 12.8 Å². The molecule has 5 rings (SSSR count). The first kappa shape index (κ1) is 16.0. The molecule has 1 heterocycles. The maximum absolute atomic E-state index is 13.2. The van der Waals surface area contributed by atoms with Crippen molar-refractivity contribution in [2.45, 2.75) is 18.9 Å². The summed E-state index contributed by atoms with van der Waals surface area (Å²) in [6.45, 7) is 0. The minimum atomic E-state index is -0.556. The molecule has 0 fully saturated rings. The van der Waals surface area contributed by atoms with Gasteiger partial charge in [-0.25, -0.2) is 0 Å². The molecule has 132 valence electrons. The van der Waals surface area contributed by atoms with Gasteiger partial charge in [-0.2, -0.15) is 0 Å². The zero-order valence-corrected chi connectivity index (χ0v) is 14.9. The topological polar surface area (TPSA) is 58.9 Å². The smallest absolute Gasteiger partial charge is 0.180 e. The van der Waals surface area contributed by atoms with E-state index in [9.17, 15) is 4.79 Å². The van der Waals surface area contributed by atoms with Crippen LogP contribution in [-0.4, -0.2) is 16.8 Å². The van der Waals surface area contributed by atoms with Crippen LogP contribution >= 0.6 is 0 Å². The molecular formula is C24H20N2O. The predicted molar refractivity (Wildman–Crippen MR) is 109 cm³/mol. The lowest BCUT2D eigenvalue weighted by atomic mass is 9.92. The quantitative estimate of drug-likeness (QED) is 0.468. The lowest BCUT2D eigenvalue weighted by molar-refractivity contribution is 0.0960. The second kappa shape index (κ2) is 6.22. The number of nitrogens with one attached hydrogen (secondary N) is 1. The number of hydrogen-bond acceptors (Lipinski definition) is 2. The van der Waals surface area contributed by atoms with Crippen molar-refractivity contribution in [3.63, 3.8) is 0 Å². The third-order valence-corrected chi connectivity index (χ3v) is 5.57. The van der Waals surface area contributed by atoms with Gasteiger partial charge in [-0.3, -0.25) is 4.79 Å². The fourth-order valence-electron chi connectivity index (χ4n) is 4.22. The van der Waals surface area contributed by atoms with Crippen LogP contribution in [0.15, 0.2) is 72.9 Å². The third-order valence-electron chi connectivity index (χ3n) is 5.57. The van der Waals surface area contributed by atoms with Gasteiger partial charge in [0.25, 0.3) is 0 Å². The summed E-state index contributed by atoms with van der Waals surface area (Å²) in [6.07, 6.45) is 3.29. The highest BCUT2D eigenvalue weighted by molar-refractivity contribution is 6.04. The summed E-state index contributed by atoms with van der Waals surface area (Å²) in [5.74, 6) is 0.0185. The van der Waals surface area contributed by atoms with E-state index >= 15 is 0 Å². The highest BCUT2D eigenvalue weighted by Crippen LogP contribution is 2.38. The first-order valence-electron chi connectivity index (χ1n) is 9.27. The van der Waals surface area contributed by atoms with E-state index < -0.39 is 6.04 Å². The largest absolute Gasteiger partial charge is 0.361 e. The second-order valence-corrected chi connectivity index (χ2v) is 7.20. The molecule has 3 nitrogen and oxygen atoms in total. The van der Waals surface area contributed by atoms with Crippen LogP contribution in [0.4, 0.5) is 0 Å². The molecule has 1 aliphatic carbocycles. The van der Waals surface area contributed by atoms with Gasteiger partial charge in [-0.1, -0.05) is 60.7 Å². The van der Waals surface area contributed by atoms with Crippen LogP contribution in [0.3, 0.4) is 0 Å². The highest BCUT2D eigenvalue weighted by Gasteiger charge is 2.26. The van der Waals surface area contributed by atoms with Crippen LogP contribution in [0.5, 0.6) is 0 Å². The zero-order valence-electron chi connectivity index (χ0n) is 14.9. The first-order valence-corrected chi connectivity index (χ1v) is 9.27. The van der Waals surface area contributed by atoms with Gasteiger partial charge in [-0.15, -0.1) is 0 Å². The Morgan fingerprint density at radius 1 is 0.963 bits per heavy atom. The molecule has 0 bridgehead atoms. The van der Waals surface area contributed by atoms with Crippen LogP contribution < -0.4 is 5.73 Å². The molecule has 0 spiro atoms. The van der Waals surface area contributed by atoms with Crippen molar-refractivity contribution < 1.29 is 4.79 Å². The number of H-pyrrole nitrogens is 1. The number of Topliss-reactive ketones (excluding diaryl/α,β-unsaturated/α-hetero) is 1. The molecule has 1 atom stereocenters. The minimum Gasteiger partial charge on any atom is -0.361 e. The van der Waals surface area contributed by atoms with E-state index in [1.807, 2.05) is 42.6 Å². The van der Waals surface area contributed by atoms with Crippen molar-refractivity contribution in [3.8, 4) is 11.1 Å². The Balaban J connectivity index is 1.47. The normalized spacial score (nSPS) is 13.4. The van der Waals surface area contributed by atoms with E-state index in [1.165, 1.54) is 11.1 Å². The van der Waals surface area contributed by atoms with Crippen molar-refractivity contribution in [3.05, 3.63) is 95.2 Å². The SMILES string of the molecule is N[C@@H](Cc1c[nH]c2ccccc12)C(=O)c1cccc2c1Cc1ccccc1-2. The van der Waals surface area contributed by atoms with E-state index in [0.717, 1.165) is 39.6 Å². The molecular weight excluding hydrogens is 332 g/mol. The van der Waals surface area contributed by atoms with Gasteiger partial charge in [0.2, 0.25) is 0 Å². The Morgan fingerprint density at radius 2 is 1.74 bits per heavy atom. The Bertz CT molecular complexity index is 1170. The summed E-state index contributed by atoms with van der Waals surface area (Å²) in [6, 6.07) is 21.9. The van der Waals surface area contributed by atoms with Gasteiger partial charge in [0.15, 0.2) is 5.78 Å². The predicted octanol–water partition coefficient (Wildman–Crippen LogP) is 4.49. The molecule has 1 aromatic heterocycles. The van der Waals surface area contributed by atoms with Crippen LogP contribution in [0.1, 0.15) is 27.0 Å². The standard InChI is InChI=1S/C24H20N2O/c25-22(13-16-14-26-23-11-4-3-8-18(16)23)24(27)20-10-5-9-19-17-7-2-1-6-15(17)12-21(19)20/h1-11,14,22,26H,12-13,25H2/t22-/m0/s1. The Kier molecular flexibility index (Phi) is 3.69. The molecule has 3 N–H and O–H groups in total. The zero-order chi connectivity index (χ0) is 18.4. The summed E-state index contributed by atoms with van der Waals surface area (Å²) < 4.78 is 0. The van der Waals surface area contributed by atoms with Crippen molar-refractivity contribution >= 4 is 16.7 Å². The molecule has 0 unspecified atom stereocenters. The van der Waals surface area contributed by atoms with E-state index in [-0.39, 0.29) is 5.78 Å². The molecule has 0 radical (unpaired) electrons. The number of carbonyl (C=O) groups is 1. The lowest BCUT2D eigenvalue weighted by Gasteiger charge is -2.13. The van der Waals surface area contributed by atoms with Gasteiger partial charge < -0.3 is 10.7 Å². The number of nitrogens with two attached hydrogens (primary N) is 1. The van der Waals surface area contributed by atoms with Gasteiger partial charge in [0, 0.05) is 22.7 Å². The van der Waals surface area contributed by atoms with Gasteiger partial charge in [0.1, 0.15) is 0 Å². The Morgan fingerprint density at radius 3 is 2.67 bits per heavy atom. The Hall–Kier alpha value is -3.17. The molecule has 27 heavy (non-hydrogen) atoms. The lowest BCUT2D eigenvalue weighted by Crippen LogP contribution is -2.33. The van der Waals surface area contributed by atoms with Crippen molar-refractivity contribution in [1.82, 2.24) is 4.98 Å². The van der Waals surface area contributed by atoms with Crippen LogP contribution in [0.25, 0.3) is 22.0 Å². The number of rotatable bonds is 4. The monoisotopic (exact) mass is 352 g/mol. The van der Waals surface area contributed by atoms with Crippen molar-refractivity contribution in [2.24, 2.45) is 5.73 Å². The fraction of sp³-hybridized carbons (Fsp3) is 0.125. The summed E-state index contributed by atoms with van der Waals surface area (Å²) in [4.78, 5) is 16.4. The van der Waals surface area contributed by atoms with E-state index in [0.29, 0.717) is 6.42 Å². The number of para-hydroxylation sites is 1. The molecule has 4 aromatic rings. The third kappa shape index (κ3) is 2.59. The molecule has 3 heteroatoms. The van der Waals surface area contributed by atoms with Crippen LogP contribution in [0, 0.1) is 0 Å². The second-order valence-electron chi connectivity index (χ2n) is 7.20. The summed E-state index contributed by atoms with van der Waals surface area (Å²) in [5, 5.41) is 1.13. The number of fused-ring (bicyclic) bond motifs is 4. The molecule has 1 aliphatic rings.